The first-order valence-electron chi connectivity index (χ1n) is 8.71. The van der Waals surface area contributed by atoms with E-state index in [1.54, 1.807) is 13.2 Å². The van der Waals surface area contributed by atoms with Gasteiger partial charge in [0.1, 0.15) is 12.4 Å². The topological polar surface area (TPSA) is 99.5 Å². The number of nitrogens with one attached hydrogen (secondary N) is 1. The number of aromatic amines is 1. The molecule has 3 aromatic rings. The summed E-state index contributed by atoms with van der Waals surface area (Å²) >= 11 is 0. The molecule has 1 fully saturated rings. The standard InChI is InChI=1S/C19H19N3O5/c1-25-18-9-12(4-7-17(18)27-11-14-3-2-8-26-14)19-20-15-6-5-13(22(23)24)10-16(15)21-19/h4-7,9-10,14H,2-3,8,11H2,1H3,(H,20,21). The van der Waals surface area contributed by atoms with Gasteiger partial charge in [-0.15, -0.1) is 0 Å². The Morgan fingerprint density at radius 1 is 1.30 bits per heavy atom. The number of methoxy groups -OCH3 is 1. The van der Waals surface area contributed by atoms with E-state index in [1.807, 2.05) is 18.2 Å². The SMILES string of the molecule is COc1cc(-c2nc3ccc([N+](=O)[O-])cc3[nH]2)ccc1OCC1CCCO1. The van der Waals surface area contributed by atoms with Crippen LogP contribution in [-0.2, 0) is 4.74 Å². The van der Waals surface area contributed by atoms with Crippen LogP contribution in [0, 0.1) is 10.1 Å². The van der Waals surface area contributed by atoms with Crippen molar-refractivity contribution in [3.05, 3.63) is 46.5 Å². The van der Waals surface area contributed by atoms with Gasteiger partial charge in [0.15, 0.2) is 11.5 Å². The van der Waals surface area contributed by atoms with E-state index in [0.29, 0.717) is 35.0 Å². The molecule has 8 heteroatoms. The molecule has 0 amide bonds. The molecular formula is C19H19N3O5. The van der Waals surface area contributed by atoms with Crippen LogP contribution in [0.4, 0.5) is 5.69 Å². The van der Waals surface area contributed by atoms with Crippen molar-refractivity contribution in [3.8, 4) is 22.9 Å². The van der Waals surface area contributed by atoms with Crippen molar-refractivity contribution in [3.63, 3.8) is 0 Å². The fourth-order valence-electron chi connectivity index (χ4n) is 3.14. The quantitative estimate of drug-likeness (QED) is 0.525. The number of fused-ring (bicyclic) bond motifs is 1. The predicted molar refractivity (Wildman–Crippen MR) is 99.2 cm³/mol. The molecule has 1 aliphatic rings. The van der Waals surface area contributed by atoms with Gasteiger partial charge in [0, 0.05) is 24.3 Å². The number of non-ortho nitro benzene ring substituents is 1. The Balaban J connectivity index is 1.59. The summed E-state index contributed by atoms with van der Waals surface area (Å²) in [7, 11) is 1.58. The molecule has 1 aromatic heterocycles. The maximum absolute atomic E-state index is 10.9. The average Bonchev–Trinajstić information content (AvgIpc) is 3.35. The van der Waals surface area contributed by atoms with Crippen LogP contribution in [0.3, 0.4) is 0 Å². The van der Waals surface area contributed by atoms with E-state index in [1.165, 1.54) is 12.1 Å². The van der Waals surface area contributed by atoms with E-state index < -0.39 is 4.92 Å². The number of nitrogens with zero attached hydrogens (tertiary/aromatic N) is 2. The monoisotopic (exact) mass is 369 g/mol. The van der Waals surface area contributed by atoms with Gasteiger partial charge in [-0.1, -0.05) is 0 Å². The third-order valence-electron chi connectivity index (χ3n) is 4.56. The zero-order valence-corrected chi connectivity index (χ0v) is 14.8. The van der Waals surface area contributed by atoms with Gasteiger partial charge in [-0.05, 0) is 37.1 Å². The summed E-state index contributed by atoms with van der Waals surface area (Å²) in [6.45, 7) is 1.28. The van der Waals surface area contributed by atoms with E-state index in [-0.39, 0.29) is 11.8 Å². The third-order valence-corrected chi connectivity index (χ3v) is 4.56. The molecular weight excluding hydrogens is 350 g/mol. The van der Waals surface area contributed by atoms with Gasteiger partial charge in [-0.2, -0.15) is 0 Å². The molecule has 0 spiro atoms. The van der Waals surface area contributed by atoms with Crippen LogP contribution in [0.2, 0.25) is 0 Å². The van der Waals surface area contributed by atoms with Gasteiger partial charge in [0.05, 0.1) is 29.2 Å². The molecule has 0 aliphatic carbocycles. The van der Waals surface area contributed by atoms with E-state index in [2.05, 4.69) is 9.97 Å². The summed E-state index contributed by atoms with van der Waals surface area (Å²) in [4.78, 5) is 18.1. The maximum Gasteiger partial charge on any atom is 0.271 e. The summed E-state index contributed by atoms with van der Waals surface area (Å²) in [5, 5.41) is 10.9. The number of aromatic nitrogens is 2. The zero-order chi connectivity index (χ0) is 18.8. The lowest BCUT2D eigenvalue weighted by atomic mass is 10.2. The largest absolute Gasteiger partial charge is 0.493 e. The molecule has 1 saturated heterocycles. The van der Waals surface area contributed by atoms with Crippen molar-refractivity contribution in [2.75, 3.05) is 20.3 Å². The normalized spacial score (nSPS) is 16.6. The number of rotatable bonds is 6. The molecule has 4 rings (SSSR count). The number of benzene rings is 2. The molecule has 0 bridgehead atoms. The van der Waals surface area contributed by atoms with Crippen molar-refractivity contribution >= 4 is 16.7 Å². The van der Waals surface area contributed by atoms with E-state index in [9.17, 15) is 10.1 Å². The second-order valence-electron chi connectivity index (χ2n) is 6.36. The summed E-state index contributed by atoms with van der Waals surface area (Å²) in [5.74, 6) is 1.84. The number of nitro groups is 1. The van der Waals surface area contributed by atoms with Gasteiger partial charge in [0.25, 0.3) is 5.69 Å². The molecule has 140 valence electrons. The van der Waals surface area contributed by atoms with E-state index >= 15 is 0 Å². The lowest BCUT2D eigenvalue weighted by molar-refractivity contribution is -0.384. The van der Waals surface area contributed by atoms with Crippen LogP contribution in [-0.4, -0.2) is 41.3 Å². The lowest BCUT2D eigenvalue weighted by Crippen LogP contribution is -2.16. The van der Waals surface area contributed by atoms with Gasteiger partial charge in [0.2, 0.25) is 0 Å². The van der Waals surface area contributed by atoms with Gasteiger partial charge < -0.3 is 19.2 Å². The number of ether oxygens (including phenoxy) is 3. The molecule has 1 aliphatic heterocycles. The zero-order valence-electron chi connectivity index (χ0n) is 14.8. The Bertz CT molecular complexity index is 979. The van der Waals surface area contributed by atoms with Crippen LogP contribution in [0.15, 0.2) is 36.4 Å². The second kappa shape index (κ2) is 7.24. The highest BCUT2D eigenvalue weighted by Gasteiger charge is 2.18. The minimum absolute atomic E-state index is 0.0214. The second-order valence-corrected chi connectivity index (χ2v) is 6.36. The van der Waals surface area contributed by atoms with Crippen LogP contribution in [0.5, 0.6) is 11.5 Å². The molecule has 0 radical (unpaired) electrons. The molecule has 1 unspecified atom stereocenters. The summed E-state index contributed by atoms with van der Waals surface area (Å²) in [6.07, 6.45) is 2.19. The maximum atomic E-state index is 10.9. The highest BCUT2D eigenvalue weighted by Crippen LogP contribution is 2.33. The predicted octanol–water partition coefficient (Wildman–Crippen LogP) is 3.70. The fourth-order valence-corrected chi connectivity index (χ4v) is 3.14. The van der Waals surface area contributed by atoms with Gasteiger partial charge >= 0.3 is 0 Å². The molecule has 2 heterocycles. The number of imidazole rings is 1. The first-order valence-corrected chi connectivity index (χ1v) is 8.71. The first kappa shape index (κ1) is 17.3. The molecule has 2 aromatic carbocycles. The van der Waals surface area contributed by atoms with Crippen molar-refractivity contribution in [2.45, 2.75) is 18.9 Å². The lowest BCUT2D eigenvalue weighted by Gasteiger charge is -2.14. The van der Waals surface area contributed by atoms with Crippen molar-refractivity contribution in [1.29, 1.82) is 0 Å². The Kier molecular flexibility index (Phi) is 4.64. The Morgan fingerprint density at radius 2 is 2.19 bits per heavy atom. The smallest absolute Gasteiger partial charge is 0.271 e. The highest BCUT2D eigenvalue weighted by atomic mass is 16.6. The van der Waals surface area contributed by atoms with Crippen LogP contribution in [0.1, 0.15) is 12.8 Å². The Hall–Kier alpha value is -3.13. The van der Waals surface area contributed by atoms with Crippen molar-refractivity contribution in [1.82, 2.24) is 9.97 Å². The van der Waals surface area contributed by atoms with Crippen molar-refractivity contribution < 1.29 is 19.1 Å². The van der Waals surface area contributed by atoms with Crippen LogP contribution < -0.4 is 9.47 Å². The fraction of sp³-hybridized carbons (Fsp3) is 0.316. The molecule has 0 saturated carbocycles. The molecule has 1 N–H and O–H groups in total. The summed E-state index contributed by atoms with van der Waals surface area (Å²) in [6, 6.07) is 10.1. The van der Waals surface area contributed by atoms with Crippen LogP contribution >= 0.6 is 0 Å². The molecule has 8 nitrogen and oxygen atoms in total. The molecule has 27 heavy (non-hydrogen) atoms. The third kappa shape index (κ3) is 3.56. The number of hydrogen-bond acceptors (Lipinski definition) is 6. The van der Waals surface area contributed by atoms with E-state index in [4.69, 9.17) is 14.2 Å². The minimum Gasteiger partial charge on any atom is -0.493 e. The van der Waals surface area contributed by atoms with E-state index in [0.717, 1.165) is 25.0 Å². The Morgan fingerprint density at radius 3 is 2.93 bits per heavy atom. The van der Waals surface area contributed by atoms with Crippen molar-refractivity contribution in [2.24, 2.45) is 0 Å². The average molecular weight is 369 g/mol. The number of hydrogen-bond donors (Lipinski definition) is 1. The highest BCUT2D eigenvalue weighted by molar-refractivity contribution is 5.81. The molecule has 1 atom stereocenters. The summed E-state index contributed by atoms with van der Waals surface area (Å²) < 4.78 is 16.9. The van der Waals surface area contributed by atoms with Gasteiger partial charge in [-0.3, -0.25) is 10.1 Å². The first-order chi connectivity index (χ1) is 13.1. The van der Waals surface area contributed by atoms with Crippen LogP contribution in [0.25, 0.3) is 22.4 Å². The Labute approximate surface area is 155 Å². The van der Waals surface area contributed by atoms with Gasteiger partial charge in [-0.25, -0.2) is 4.98 Å². The number of nitro benzene ring substituents is 1. The minimum atomic E-state index is -0.427. The number of H-pyrrole nitrogens is 1. The summed E-state index contributed by atoms with van der Waals surface area (Å²) in [5.41, 5.74) is 2.09.